The topological polar surface area (TPSA) is 23.6 Å². The highest BCUT2D eigenvalue weighted by atomic mass is 19.1. The number of rotatable bonds is 3. The van der Waals surface area contributed by atoms with Crippen molar-refractivity contribution in [3.63, 3.8) is 0 Å². The van der Waals surface area contributed by atoms with E-state index in [1.165, 1.54) is 17.2 Å². The van der Waals surface area contributed by atoms with Crippen molar-refractivity contribution >= 4 is 11.6 Å². The maximum absolute atomic E-state index is 14.2. The molecule has 30 heavy (non-hydrogen) atoms. The number of hydrogen-bond acceptors (Lipinski definition) is 2. The highest BCUT2D eigenvalue weighted by Crippen LogP contribution is 2.48. The number of fused-ring (bicyclic) bond motifs is 2. The molecule has 0 unspecified atom stereocenters. The van der Waals surface area contributed by atoms with Gasteiger partial charge in [0.05, 0.1) is 0 Å². The molecule has 4 heteroatoms. The number of nitrogens with zero attached hydrogens (tertiary/aromatic N) is 2. The highest BCUT2D eigenvalue weighted by molar-refractivity contribution is 5.96. The lowest BCUT2D eigenvalue weighted by atomic mass is 9.74. The third-order valence-corrected chi connectivity index (χ3v) is 6.57. The maximum Gasteiger partial charge on any atom is 0.227 e. The molecule has 2 aromatic rings. The van der Waals surface area contributed by atoms with Gasteiger partial charge in [0.2, 0.25) is 5.91 Å². The second-order valence-corrected chi connectivity index (χ2v) is 10.4. The van der Waals surface area contributed by atoms with Crippen LogP contribution in [0.2, 0.25) is 0 Å². The first-order chi connectivity index (χ1) is 14.2. The van der Waals surface area contributed by atoms with Crippen LogP contribution in [0.3, 0.4) is 0 Å². The quantitative estimate of drug-likeness (QED) is 0.674. The third kappa shape index (κ3) is 4.29. The summed E-state index contributed by atoms with van der Waals surface area (Å²) in [6.45, 7) is 11.9. The minimum absolute atomic E-state index is 0.0653. The molecule has 0 saturated carbocycles. The van der Waals surface area contributed by atoms with Crippen molar-refractivity contribution in [3.8, 4) is 0 Å². The number of benzene rings is 2. The average molecular weight is 409 g/mol. The molecule has 3 nitrogen and oxygen atoms in total. The van der Waals surface area contributed by atoms with E-state index in [0.29, 0.717) is 13.0 Å². The van der Waals surface area contributed by atoms with Gasteiger partial charge in [-0.1, -0.05) is 50.6 Å². The van der Waals surface area contributed by atoms with Gasteiger partial charge >= 0.3 is 0 Å². The van der Waals surface area contributed by atoms with E-state index in [2.05, 4.69) is 56.9 Å². The fourth-order valence-corrected chi connectivity index (χ4v) is 5.05. The predicted molar refractivity (Wildman–Crippen MR) is 120 cm³/mol. The molecule has 2 aliphatic rings. The fraction of sp³-hybridized carbons (Fsp3) is 0.500. The molecule has 0 N–H and O–H groups in total. The minimum atomic E-state index is -0.208. The van der Waals surface area contributed by atoms with Gasteiger partial charge in [-0.2, -0.15) is 0 Å². The number of piperidine rings is 1. The molecule has 0 aromatic heterocycles. The molecule has 1 amide bonds. The molecular weight excluding hydrogens is 375 g/mol. The number of halogens is 1. The number of aryl methyl sites for hydroxylation is 1. The van der Waals surface area contributed by atoms with Crippen molar-refractivity contribution in [3.05, 3.63) is 65.0 Å². The Morgan fingerprint density at radius 2 is 1.83 bits per heavy atom. The average Bonchev–Trinajstić information content (AvgIpc) is 2.96. The smallest absolute Gasteiger partial charge is 0.227 e. The molecule has 0 atom stereocenters. The Balaban J connectivity index is 1.53. The summed E-state index contributed by atoms with van der Waals surface area (Å²) in [5, 5.41) is 0. The first-order valence-corrected chi connectivity index (χ1v) is 11.0. The molecule has 2 heterocycles. The summed E-state index contributed by atoms with van der Waals surface area (Å²) in [6, 6.07) is 13.6. The Morgan fingerprint density at radius 1 is 1.10 bits per heavy atom. The molecule has 0 bridgehead atoms. The summed E-state index contributed by atoms with van der Waals surface area (Å²) >= 11 is 0. The van der Waals surface area contributed by atoms with Crippen molar-refractivity contribution in [2.45, 2.75) is 58.9 Å². The van der Waals surface area contributed by atoms with E-state index < -0.39 is 0 Å². The number of amides is 1. The maximum atomic E-state index is 14.2. The van der Waals surface area contributed by atoms with Crippen molar-refractivity contribution in [1.82, 2.24) is 4.90 Å². The zero-order valence-corrected chi connectivity index (χ0v) is 18.7. The van der Waals surface area contributed by atoms with Crippen LogP contribution in [-0.2, 0) is 16.8 Å². The van der Waals surface area contributed by atoms with E-state index in [1.807, 2.05) is 4.90 Å². The standard InChI is InChI=1S/C26H33FN2O/c1-19-6-5-7-20(14-19)17-28-12-10-26(11-13-28)18-29(24(30)16-25(2,3)4)23-9-8-21(27)15-22(23)26/h5-9,14-15H,10-13,16-18H2,1-4H3. The SMILES string of the molecule is Cc1cccc(CN2CCC3(CC2)CN(C(=O)CC(C)(C)C)c2ccc(F)cc23)c1. The summed E-state index contributed by atoms with van der Waals surface area (Å²) in [4.78, 5) is 17.5. The Bertz CT molecular complexity index is 938. The molecule has 2 aliphatic heterocycles. The van der Waals surface area contributed by atoms with Gasteiger partial charge in [-0.3, -0.25) is 9.69 Å². The molecule has 1 spiro atoms. The van der Waals surface area contributed by atoms with E-state index in [1.54, 1.807) is 12.1 Å². The van der Waals surface area contributed by atoms with Gasteiger partial charge in [0, 0.05) is 30.6 Å². The molecule has 4 rings (SSSR count). The lowest BCUT2D eigenvalue weighted by Crippen LogP contribution is -2.46. The number of likely N-dealkylation sites (tertiary alicyclic amines) is 1. The van der Waals surface area contributed by atoms with Gasteiger partial charge in [0.25, 0.3) is 0 Å². The molecular formula is C26H33FN2O. The summed E-state index contributed by atoms with van der Waals surface area (Å²) in [5.74, 6) is -0.0603. The predicted octanol–water partition coefficient (Wildman–Crippen LogP) is 5.45. The summed E-state index contributed by atoms with van der Waals surface area (Å²) in [5.41, 5.74) is 4.37. The second kappa shape index (κ2) is 7.81. The van der Waals surface area contributed by atoms with Gasteiger partial charge in [-0.25, -0.2) is 4.39 Å². The van der Waals surface area contributed by atoms with Crippen LogP contribution in [0.1, 0.15) is 56.7 Å². The van der Waals surface area contributed by atoms with Crippen LogP contribution in [-0.4, -0.2) is 30.4 Å². The molecule has 0 radical (unpaired) electrons. The highest BCUT2D eigenvalue weighted by Gasteiger charge is 2.46. The lowest BCUT2D eigenvalue weighted by Gasteiger charge is -2.40. The number of hydrogen-bond donors (Lipinski definition) is 0. The van der Waals surface area contributed by atoms with Crippen LogP contribution in [0.4, 0.5) is 10.1 Å². The molecule has 160 valence electrons. The van der Waals surface area contributed by atoms with Gasteiger partial charge in [-0.05, 0) is 67.6 Å². The van der Waals surface area contributed by atoms with E-state index in [9.17, 15) is 9.18 Å². The van der Waals surface area contributed by atoms with Crippen molar-refractivity contribution < 1.29 is 9.18 Å². The van der Waals surface area contributed by atoms with E-state index in [4.69, 9.17) is 0 Å². The second-order valence-electron chi connectivity index (χ2n) is 10.4. The van der Waals surface area contributed by atoms with Crippen LogP contribution in [0.5, 0.6) is 0 Å². The number of anilines is 1. The Kier molecular flexibility index (Phi) is 5.48. The minimum Gasteiger partial charge on any atom is -0.311 e. The van der Waals surface area contributed by atoms with Crippen LogP contribution < -0.4 is 4.90 Å². The van der Waals surface area contributed by atoms with E-state index in [0.717, 1.165) is 43.7 Å². The van der Waals surface area contributed by atoms with E-state index >= 15 is 0 Å². The van der Waals surface area contributed by atoms with Gasteiger partial charge in [0.15, 0.2) is 0 Å². The monoisotopic (exact) mass is 408 g/mol. The lowest BCUT2D eigenvalue weighted by molar-refractivity contribution is -0.120. The molecule has 0 aliphatic carbocycles. The zero-order valence-electron chi connectivity index (χ0n) is 18.7. The van der Waals surface area contributed by atoms with Gasteiger partial charge < -0.3 is 4.90 Å². The summed E-state index contributed by atoms with van der Waals surface area (Å²) in [6.07, 6.45) is 2.41. The van der Waals surface area contributed by atoms with Crippen molar-refractivity contribution in [2.24, 2.45) is 5.41 Å². The van der Waals surface area contributed by atoms with Gasteiger partial charge in [-0.15, -0.1) is 0 Å². The Morgan fingerprint density at radius 3 is 2.50 bits per heavy atom. The van der Waals surface area contributed by atoms with Crippen LogP contribution >= 0.6 is 0 Å². The Hall–Kier alpha value is -2.20. The first-order valence-electron chi connectivity index (χ1n) is 11.0. The van der Waals surface area contributed by atoms with E-state index in [-0.39, 0.29) is 22.6 Å². The summed E-state index contributed by atoms with van der Waals surface area (Å²) < 4.78 is 14.2. The van der Waals surface area contributed by atoms with Crippen LogP contribution in [0.15, 0.2) is 42.5 Å². The van der Waals surface area contributed by atoms with Crippen molar-refractivity contribution in [1.29, 1.82) is 0 Å². The third-order valence-electron chi connectivity index (χ3n) is 6.57. The number of carbonyl (C=O) groups excluding carboxylic acids is 1. The van der Waals surface area contributed by atoms with Crippen molar-refractivity contribution in [2.75, 3.05) is 24.5 Å². The fourth-order valence-electron chi connectivity index (χ4n) is 5.05. The molecule has 1 fully saturated rings. The number of carbonyl (C=O) groups is 1. The van der Waals surface area contributed by atoms with Crippen LogP contribution in [0, 0.1) is 18.2 Å². The Labute approximate surface area is 179 Å². The largest absolute Gasteiger partial charge is 0.311 e. The van der Waals surface area contributed by atoms with Gasteiger partial charge in [0.1, 0.15) is 5.82 Å². The normalized spacial score (nSPS) is 18.6. The zero-order chi connectivity index (χ0) is 21.5. The van der Waals surface area contributed by atoms with Crippen LogP contribution in [0.25, 0.3) is 0 Å². The molecule has 2 aromatic carbocycles. The molecule has 1 saturated heterocycles. The summed E-state index contributed by atoms with van der Waals surface area (Å²) in [7, 11) is 0. The first kappa shape index (κ1) is 21.0.